The number of nitrogens with two attached hydrogens (primary N) is 1. The number of nitrogens with zero attached hydrogens (tertiary/aromatic N) is 1. The molecule has 64 valence electrons. The number of piperidine rings is 1. The van der Waals surface area contributed by atoms with Crippen LogP contribution in [0.1, 0.15) is 20.3 Å². The highest BCUT2D eigenvalue weighted by atomic mass is 16.2. The van der Waals surface area contributed by atoms with Crippen molar-refractivity contribution < 1.29 is 4.79 Å². The zero-order valence-corrected chi connectivity index (χ0v) is 7.21. The highest BCUT2D eigenvalue weighted by Crippen LogP contribution is 2.14. The molecule has 2 unspecified atom stereocenters. The van der Waals surface area contributed by atoms with Crippen LogP contribution in [0.25, 0.3) is 0 Å². The van der Waals surface area contributed by atoms with Gasteiger partial charge in [0.25, 0.3) is 0 Å². The van der Waals surface area contributed by atoms with Crippen molar-refractivity contribution >= 4 is 5.91 Å². The first-order chi connectivity index (χ1) is 5.11. The lowest BCUT2D eigenvalue weighted by molar-refractivity contribution is -0.130. The molecule has 0 aromatic carbocycles. The van der Waals surface area contributed by atoms with Gasteiger partial charge in [-0.1, -0.05) is 6.92 Å². The fourth-order valence-electron chi connectivity index (χ4n) is 1.45. The number of likely N-dealkylation sites (tertiary alicyclic amines) is 1. The van der Waals surface area contributed by atoms with Gasteiger partial charge in [0.2, 0.25) is 5.91 Å². The Kier molecular flexibility index (Phi) is 2.49. The van der Waals surface area contributed by atoms with Gasteiger partial charge in [-0.05, 0) is 12.3 Å². The molecular weight excluding hydrogens is 140 g/mol. The second kappa shape index (κ2) is 3.22. The van der Waals surface area contributed by atoms with Gasteiger partial charge in [-0.3, -0.25) is 4.79 Å². The fourth-order valence-corrected chi connectivity index (χ4v) is 1.45. The quantitative estimate of drug-likeness (QED) is 0.544. The average Bonchev–Trinajstić information content (AvgIpc) is 1.94. The van der Waals surface area contributed by atoms with E-state index in [1.807, 2.05) is 4.90 Å². The number of amides is 1. The molecule has 0 saturated carbocycles. The molecule has 0 spiro atoms. The highest BCUT2D eigenvalue weighted by molar-refractivity contribution is 5.73. The average molecular weight is 156 g/mol. The summed E-state index contributed by atoms with van der Waals surface area (Å²) in [7, 11) is 0. The van der Waals surface area contributed by atoms with E-state index in [-0.39, 0.29) is 11.9 Å². The zero-order chi connectivity index (χ0) is 8.43. The molecule has 1 fully saturated rings. The maximum absolute atomic E-state index is 10.9. The van der Waals surface area contributed by atoms with E-state index in [2.05, 4.69) is 6.92 Å². The molecule has 0 radical (unpaired) electrons. The van der Waals surface area contributed by atoms with Crippen LogP contribution in [0.15, 0.2) is 0 Å². The summed E-state index contributed by atoms with van der Waals surface area (Å²) in [6, 6.07) is 0.283. The van der Waals surface area contributed by atoms with E-state index in [1.165, 1.54) is 0 Å². The molecule has 0 aromatic heterocycles. The van der Waals surface area contributed by atoms with Crippen LogP contribution in [0.3, 0.4) is 0 Å². The number of carbonyl (C=O) groups is 1. The van der Waals surface area contributed by atoms with Crippen LogP contribution in [0.2, 0.25) is 0 Å². The van der Waals surface area contributed by atoms with Crippen molar-refractivity contribution in [3.8, 4) is 0 Å². The maximum atomic E-state index is 10.9. The normalized spacial score (nSPS) is 32.1. The summed E-state index contributed by atoms with van der Waals surface area (Å²) in [5, 5.41) is 0. The lowest BCUT2D eigenvalue weighted by atomic mass is 9.95. The minimum absolute atomic E-state index is 0.170. The van der Waals surface area contributed by atoms with Crippen molar-refractivity contribution in [3.05, 3.63) is 0 Å². The van der Waals surface area contributed by atoms with Gasteiger partial charge in [0.1, 0.15) is 0 Å². The summed E-state index contributed by atoms with van der Waals surface area (Å²) in [6.45, 7) is 5.38. The van der Waals surface area contributed by atoms with Crippen LogP contribution < -0.4 is 5.73 Å². The Morgan fingerprint density at radius 2 is 2.27 bits per heavy atom. The van der Waals surface area contributed by atoms with E-state index in [1.54, 1.807) is 6.92 Å². The Morgan fingerprint density at radius 1 is 1.64 bits per heavy atom. The molecule has 1 heterocycles. The van der Waals surface area contributed by atoms with Crippen LogP contribution >= 0.6 is 0 Å². The highest BCUT2D eigenvalue weighted by Gasteiger charge is 2.23. The minimum Gasteiger partial charge on any atom is -0.343 e. The van der Waals surface area contributed by atoms with E-state index in [9.17, 15) is 4.79 Å². The predicted molar refractivity (Wildman–Crippen MR) is 44.0 cm³/mol. The lowest BCUT2D eigenvalue weighted by Crippen LogP contribution is -2.47. The molecule has 1 amide bonds. The van der Waals surface area contributed by atoms with Gasteiger partial charge in [-0.15, -0.1) is 0 Å². The van der Waals surface area contributed by atoms with Crippen LogP contribution in [-0.4, -0.2) is 29.9 Å². The van der Waals surface area contributed by atoms with Crippen LogP contribution in [0, 0.1) is 5.92 Å². The molecule has 3 nitrogen and oxygen atoms in total. The van der Waals surface area contributed by atoms with E-state index < -0.39 is 0 Å². The Balaban J connectivity index is 2.46. The third-order valence-corrected chi connectivity index (χ3v) is 2.42. The Hall–Kier alpha value is -0.570. The summed E-state index contributed by atoms with van der Waals surface area (Å²) in [4.78, 5) is 12.8. The maximum Gasteiger partial charge on any atom is 0.219 e. The first kappa shape index (κ1) is 8.53. The molecule has 0 aromatic rings. The number of rotatable bonds is 0. The number of hydrogen-bond acceptors (Lipinski definition) is 2. The van der Waals surface area contributed by atoms with Gasteiger partial charge < -0.3 is 10.6 Å². The summed E-state index contributed by atoms with van der Waals surface area (Å²) in [5.74, 6) is 0.622. The van der Waals surface area contributed by atoms with Crippen molar-refractivity contribution in [2.45, 2.75) is 26.3 Å². The molecule has 11 heavy (non-hydrogen) atoms. The molecule has 1 aliphatic heterocycles. The molecule has 1 rings (SSSR count). The van der Waals surface area contributed by atoms with Crippen molar-refractivity contribution in [2.24, 2.45) is 11.7 Å². The second-order valence-corrected chi connectivity index (χ2v) is 3.39. The smallest absolute Gasteiger partial charge is 0.219 e. The zero-order valence-electron chi connectivity index (χ0n) is 7.21. The predicted octanol–water partition coefficient (Wildman–Crippen LogP) is 0.202. The Labute approximate surface area is 67.5 Å². The first-order valence-electron chi connectivity index (χ1n) is 4.12. The largest absolute Gasteiger partial charge is 0.343 e. The van der Waals surface area contributed by atoms with Crippen LogP contribution in [-0.2, 0) is 4.79 Å². The van der Waals surface area contributed by atoms with Gasteiger partial charge in [0.05, 0.1) is 0 Å². The first-order valence-corrected chi connectivity index (χ1v) is 4.12. The van der Waals surface area contributed by atoms with Crippen molar-refractivity contribution in [2.75, 3.05) is 13.1 Å². The number of carbonyl (C=O) groups excluding carboxylic acids is 1. The molecule has 0 bridgehead atoms. The number of hydrogen-bond donors (Lipinski definition) is 1. The summed E-state index contributed by atoms with van der Waals surface area (Å²) < 4.78 is 0. The monoisotopic (exact) mass is 156 g/mol. The molecule has 1 saturated heterocycles. The molecule has 3 heteroatoms. The van der Waals surface area contributed by atoms with E-state index in [4.69, 9.17) is 5.73 Å². The molecule has 2 atom stereocenters. The van der Waals surface area contributed by atoms with E-state index in [0.717, 1.165) is 19.5 Å². The Bertz CT molecular complexity index is 158. The molecular formula is C8H16N2O. The van der Waals surface area contributed by atoms with Crippen molar-refractivity contribution in [1.29, 1.82) is 0 Å². The summed E-state index contributed by atoms with van der Waals surface area (Å²) in [5.41, 5.74) is 5.80. The van der Waals surface area contributed by atoms with Gasteiger partial charge in [-0.25, -0.2) is 0 Å². The fraction of sp³-hybridized carbons (Fsp3) is 0.875. The summed E-state index contributed by atoms with van der Waals surface area (Å²) >= 11 is 0. The Morgan fingerprint density at radius 3 is 2.73 bits per heavy atom. The van der Waals surface area contributed by atoms with Crippen LogP contribution in [0.5, 0.6) is 0 Å². The van der Waals surface area contributed by atoms with E-state index >= 15 is 0 Å². The van der Waals surface area contributed by atoms with Gasteiger partial charge in [-0.2, -0.15) is 0 Å². The lowest BCUT2D eigenvalue weighted by Gasteiger charge is -2.34. The summed E-state index contributed by atoms with van der Waals surface area (Å²) in [6.07, 6.45) is 0.945. The van der Waals surface area contributed by atoms with Gasteiger partial charge in [0, 0.05) is 26.1 Å². The second-order valence-electron chi connectivity index (χ2n) is 3.39. The van der Waals surface area contributed by atoms with Gasteiger partial charge >= 0.3 is 0 Å². The van der Waals surface area contributed by atoms with E-state index in [0.29, 0.717) is 5.92 Å². The molecule has 2 N–H and O–H groups in total. The third-order valence-electron chi connectivity index (χ3n) is 2.42. The molecule has 0 aliphatic carbocycles. The molecule has 1 aliphatic rings. The SMILES string of the molecule is CC(=O)N1CCC(N)C(C)C1. The van der Waals surface area contributed by atoms with Crippen molar-refractivity contribution in [1.82, 2.24) is 4.90 Å². The van der Waals surface area contributed by atoms with Gasteiger partial charge in [0.15, 0.2) is 0 Å². The standard InChI is InChI=1S/C8H16N2O/c1-6-5-10(7(2)11)4-3-8(6)9/h6,8H,3-5,9H2,1-2H3. The third kappa shape index (κ3) is 1.93. The topological polar surface area (TPSA) is 46.3 Å². The van der Waals surface area contributed by atoms with Crippen molar-refractivity contribution in [3.63, 3.8) is 0 Å². The minimum atomic E-state index is 0.170. The van der Waals surface area contributed by atoms with Crippen LogP contribution in [0.4, 0.5) is 0 Å².